The fourth-order valence-corrected chi connectivity index (χ4v) is 2.79. The SMILES string of the molecule is CCCN1CCCC(c2cccc(C(N)=O)c2)C1.Cl. The smallest absolute Gasteiger partial charge is 0.248 e. The van der Waals surface area contributed by atoms with E-state index >= 15 is 0 Å². The lowest BCUT2D eigenvalue weighted by Crippen LogP contribution is -2.34. The van der Waals surface area contributed by atoms with Crippen LogP contribution in [0.15, 0.2) is 24.3 Å². The van der Waals surface area contributed by atoms with Crippen molar-refractivity contribution in [2.75, 3.05) is 19.6 Å². The van der Waals surface area contributed by atoms with Crippen molar-refractivity contribution in [3.63, 3.8) is 0 Å². The third-order valence-corrected chi connectivity index (χ3v) is 3.69. The van der Waals surface area contributed by atoms with Gasteiger partial charge < -0.3 is 10.6 Å². The molecule has 1 unspecified atom stereocenters. The monoisotopic (exact) mass is 282 g/mol. The first kappa shape index (κ1) is 16.0. The molecule has 1 aromatic carbocycles. The second-order valence-corrected chi connectivity index (χ2v) is 5.13. The number of piperidine rings is 1. The average Bonchev–Trinajstić information content (AvgIpc) is 2.39. The number of halogens is 1. The molecular weight excluding hydrogens is 260 g/mol. The van der Waals surface area contributed by atoms with Crippen molar-refractivity contribution < 1.29 is 4.79 Å². The van der Waals surface area contributed by atoms with Crippen LogP contribution in [0.25, 0.3) is 0 Å². The van der Waals surface area contributed by atoms with Crippen molar-refractivity contribution in [1.82, 2.24) is 4.90 Å². The minimum atomic E-state index is -0.335. The lowest BCUT2D eigenvalue weighted by Gasteiger charge is -2.32. The van der Waals surface area contributed by atoms with Crippen molar-refractivity contribution in [3.05, 3.63) is 35.4 Å². The number of carbonyl (C=O) groups excluding carboxylic acids is 1. The molecule has 0 bridgehead atoms. The number of hydrogen-bond acceptors (Lipinski definition) is 2. The van der Waals surface area contributed by atoms with Crippen molar-refractivity contribution in [2.45, 2.75) is 32.1 Å². The van der Waals surface area contributed by atoms with E-state index in [9.17, 15) is 4.79 Å². The number of benzene rings is 1. The molecule has 0 saturated carbocycles. The Kier molecular flexibility index (Phi) is 6.32. The number of primary amides is 1. The van der Waals surface area contributed by atoms with E-state index in [4.69, 9.17) is 5.73 Å². The summed E-state index contributed by atoms with van der Waals surface area (Å²) in [5.74, 6) is 0.211. The van der Waals surface area contributed by atoms with Crippen molar-refractivity contribution in [2.24, 2.45) is 5.73 Å². The molecule has 4 heteroatoms. The second-order valence-electron chi connectivity index (χ2n) is 5.13. The van der Waals surface area contributed by atoms with Crippen LogP contribution in [-0.2, 0) is 0 Å². The van der Waals surface area contributed by atoms with Gasteiger partial charge in [0.2, 0.25) is 5.91 Å². The summed E-state index contributed by atoms with van der Waals surface area (Å²) >= 11 is 0. The number of nitrogens with zero attached hydrogens (tertiary/aromatic N) is 1. The summed E-state index contributed by atoms with van der Waals surface area (Å²) in [6.07, 6.45) is 3.65. The van der Waals surface area contributed by atoms with Gasteiger partial charge >= 0.3 is 0 Å². The van der Waals surface area contributed by atoms with E-state index in [1.165, 1.54) is 37.9 Å². The topological polar surface area (TPSA) is 46.3 Å². The van der Waals surface area contributed by atoms with E-state index in [1.807, 2.05) is 12.1 Å². The van der Waals surface area contributed by atoms with E-state index in [0.29, 0.717) is 11.5 Å². The molecule has 3 nitrogen and oxygen atoms in total. The Balaban J connectivity index is 0.00000180. The maximum Gasteiger partial charge on any atom is 0.248 e. The zero-order chi connectivity index (χ0) is 13.0. The molecule has 1 aliphatic heterocycles. The molecule has 0 aliphatic carbocycles. The van der Waals surface area contributed by atoms with Crippen molar-refractivity contribution in [1.29, 1.82) is 0 Å². The molecule has 2 rings (SSSR count). The van der Waals surface area contributed by atoms with Crippen LogP contribution in [0.4, 0.5) is 0 Å². The Labute approximate surface area is 121 Å². The first-order chi connectivity index (χ1) is 8.70. The van der Waals surface area contributed by atoms with Crippen LogP contribution in [0.3, 0.4) is 0 Å². The van der Waals surface area contributed by atoms with Gasteiger partial charge in [0, 0.05) is 12.1 Å². The summed E-state index contributed by atoms with van der Waals surface area (Å²) < 4.78 is 0. The molecule has 106 valence electrons. The molecule has 1 amide bonds. The molecule has 1 aromatic rings. The van der Waals surface area contributed by atoms with Crippen LogP contribution in [-0.4, -0.2) is 30.4 Å². The van der Waals surface area contributed by atoms with E-state index in [-0.39, 0.29) is 18.3 Å². The normalized spacial score (nSPS) is 19.7. The van der Waals surface area contributed by atoms with Crippen LogP contribution in [0, 0.1) is 0 Å². The van der Waals surface area contributed by atoms with Crippen LogP contribution in [0.2, 0.25) is 0 Å². The van der Waals surface area contributed by atoms with E-state index < -0.39 is 0 Å². The van der Waals surface area contributed by atoms with Crippen molar-refractivity contribution in [3.8, 4) is 0 Å². The molecule has 1 aliphatic rings. The predicted molar refractivity (Wildman–Crippen MR) is 80.9 cm³/mol. The van der Waals surface area contributed by atoms with Gasteiger partial charge in [-0.05, 0) is 56.0 Å². The number of rotatable bonds is 4. The predicted octanol–water partition coefficient (Wildman–Crippen LogP) is 2.80. The number of amides is 1. The zero-order valence-corrected chi connectivity index (χ0v) is 12.3. The van der Waals surface area contributed by atoms with Gasteiger partial charge in [0.05, 0.1) is 0 Å². The molecule has 1 fully saturated rings. The highest BCUT2D eigenvalue weighted by atomic mass is 35.5. The molecule has 1 saturated heterocycles. The van der Waals surface area contributed by atoms with Gasteiger partial charge in [-0.25, -0.2) is 0 Å². The van der Waals surface area contributed by atoms with Crippen LogP contribution in [0.5, 0.6) is 0 Å². The Morgan fingerprint density at radius 2 is 2.26 bits per heavy atom. The Bertz CT molecular complexity index is 420. The minimum Gasteiger partial charge on any atom is -0.366 e. The molecule has 0 radical (unpaired) electrons. The highest BCUT2D eigenvalue weighted by Gasteiger charge is 2.21. The summed E-state index contributed by atoms with van der Waals surface area (Å²) in [6, 6.07) is 7.81. The lowest BCUT2D eigenvalue weighted by molar-refractivity contribution is 0.1000. The number of carbonyl (C=O) groups is 1. The summed E-state index contributed by atoms with van der Waals surface area (Å²) in [5.41, 5.74) is 7.22. The van der Waals surface area contributed by atoms with Gasteiger partial charge in [0.25, 0.3) is 0 Å². The van der Waals surface area contributed by atoms with Gasteiger partial charge in [-0.1, -0.05) is 19.1 Å². The number of nitrogens with two attached hydrogens (primary N) is 1. The third kappa shape index (κ3) is 4.22. The second kappa shape index (κ2) is 7.51. The summed E-state index contributed by atoms with van der Waals surface area (Å²) in [7, 11) is 0. The fourth-order valence-electron chi connectivity index (χ4n) is 2.79. The molecule has 19 heavy (non-hydrogen) atoms. The van der Waals surface area contributed by atoms with Crippen molar-refractivity contribution >= 4 is 18.3 Å². The summed E-state index contributed by atoms with van der Waals surface area (Å²) in [5, 5.41) is 0. The van der Waals surface area contributed by atoms with Crippen LogP contribution < -0.4 is 5.73 Å². The van der Waals surface area contributed by atoms with Gasteiger partial charge in [-0.2, -0.15) is 0 Å². The average molecular weight is 283 g/mol. The van der Waals surface area contributed by atoms with Crippen LogP contribution in [0.1, 0.15) is 48.0 Å². The number of likely N-dealkylation sites (tertiary alicyclic amines) is 1. The Morgan fingerprint density at radius 1 is 1.47 bits per heavy atom. The highest BCUT2D eigenvalue weighted by Crippen LogP contribution is 2.27. The van der Waals surface area contributed by atoms with E-state index in [2.05, 4.69) is 17.9 Å². The van der Waals surface area contributed by atoms with E-state index in [0.717, 1.165) is 6.54 Å². The first-order valence-corrected chi connectivity index (χ1v) is 6.83. The summed E-state index contributed by atoms with van der Waals surface area (Å²) in [6.45, 7) is 5.71. The minimum absolute atomic E-state index is 0. The maximum absolute atomic E-state index is 11.2. The largest absolute Gasteiger partial charge is 0.366 e. The standard InChI is InChI=1S/C15H22N2O.ClH/c1-2-8-17-9-4-7-14(11-17)12-5-3-6-13(10-12)15(16)18;/h3,5-6,10,14H,2,4,7-9,11H2,1H3,(H2,16,18);1H. The fraction of sp³-hybridized carbons (Fsp3) is 0.533. The quantitative estimate of drug-likeness (QED) is 0.923. The third-order valence-electron chi connectivity index (χ3n) is 3.69. The molecule has 0 spiro atoms. The van der Waals surface area contributed by atoms with Crippen LogP contribution >= 0.6 is 12.4 Å². The Hall–Kier alpha value is -1.06. The van der Waals surface area contributed by atoms with Gasteiger partial charge in [-0.15, -0.1) is 12.4 Å². The summed E-state index contributed by atoms with van der Waals surface area (Å²) in [4.78, 5) is 13.7. The molecule has 0 aromatic heterocycles. The molecule has 1 atom stereocenters. The zero-order valence-electron chi connectivity index (χ0n) is 11.5. The highest BCUT2D eigenvalue weighted by molar-refractivity contribution is 5.92. The molecule has 2 N–H and O–H groups in total. The van der Waals surface area contributed by atoms with E-state index in [1.54, 1.807) is 6.07 Å². The molecular formula is C15H23ClN2O. The molecule has 1 heterocycles. The number of hydrogen-bond donors (Lipinski definition) is 1. The Morgan fingerprint density at radius 3 is 2.95 bits per heavy atom. The maximum atomic E-state index is 11.2. The van der Waals surface area contributed by atoms with Gasteiger partial charge in [0.15, 0.2) is 0 Å². The van der Waals surface area contributed by atoms with Gasteiger partial charge in [-0.3, -0.25) is 4.79 Å². The lowest BCUT2D eigenvalue weighted by atomic mass is 9.89. The first-order valence-electron chi connectivity index (χ1n) is 6.83. The van der Waals surface area contributed by atoms with Gasteiger partial charge in [0.1, 0.15) is 0 Å².